The van der Waals surface area contributed by atoms with Crippen LogP contribution in [0.25, 0.3) is 0 Å². The van der Waals surface area contributed by atoms with Crippen LogP contribution in [0.5, 0.6) is 0 Å². The van der Waals surface area contributed by atoms with Crippen molar-refractivity contribution in [2.75, 3.05) is 11.9 Å². The molecule has 0 saturated heterocycles. The van der Waals surface area contributed by atoms with Gasteiger partial charge < -0.3 is 10.2 Å². The number of amides is 2. The molecular weight excluding hydrogens is 386 g/mol. The first-order chi connectivity index (χ1) is 13.1. The first kappa shape index (κ1) is 20.0. The van der Waals surface area contributed by atoms with E-state index in [0.29, 0.717) is 4.90 Å². The van der Waals surface area contributed by atoms with E-state index in [0.717, 1.165) is 24.3 Å². The SMILES string of the molecule is CCCC1(c2ccc(F)cc2)c2c(ccc(F)c2F)NC(=O)N1CC(F)(F)F. The fourth-order valence-electron chi connectivity index (χ4n) is 3.73. The number of rotatable bonds is 4. The molecule has 1 N–H and O–H groups in total. The van der Waals surface area contributed by atoms with Crippen LogP contribution in [0.15, 0.2) is 36.4 Å². The van der Waals surface area contributed by atoms with E-state index in [1.807, 2.05) is 0 Å². The molecular formula is C19H16F6N2O. The van der Waals surface area contributed by atoms with Crippen LogP contribution in [0.2, 0.25) is 0 Å². The Morgan fingerprint density at radius 2 is 1.68 bits per heavy atom. The number of carbonyl (C=O) groups is 1. The van der Waals surface area contributed by atoms with Gasteiger partial charge in [-0.05, 0) is 36.2 Å². The molecule has 0 spiro atoms. The molecule has 2 aromatic carbocycles. The van der Waals surface area contributed by atoms with Crippen LogP contribution in [-0.4, -0.2) is 23.7 Å². The number of hydrogen-bond acceptors (Lipinski definition) is 1. The molecule has 1 heterocycles. The third kappa shape index (κ3) is 3.29. The number of benzene rings is 2. The summed E-state index contributed by atoms with van der Waals surface area (Å²) in [5, 5.41) is 2.20. The third-order valence-corrected chi connectivity index (χ3v) is 4.73. The Kier molecular flexibility index (Phi) is 5.03. The van der Waals surface area contributed by atoms with E-state index in [9.17, 15) is 31.1 Å². The van der Waals surface area contributed by atoms with Gasteiger partial charge in [0.1, 0.15) is 17.9 Å². The van der Waals surface area contributed by atoms with Crippen molar-refractivity contribution >= 4 is 11.7 Å². The highest BCUT2D eigenvalue weighted by molar-refractivity contribution is 5.94. The largest absolute Gasteiger partial charge is 0.406 e. The summed E-state index contributed by atoms with van der Waals surface area (Å²) >= 11 is 0. The van der Waals surface area contributed by atoms with Gasteiger partial charge in [0.25, 0.3) is 0 Å². The summed E-state index contributed by atoms with van der Waals surface area (Å²) in [4.78, 5) is 13.0. The summed E-state index contributed by atoms with van der Waals surface area (Å²) in [5.41, 5.74) is -2.44. The molecule has 0 aliphatic carbocycles. The summed E-state index contributed by atoms with van der Waals surface area (Å²) < 4.78 is 82.2. The number of nitrogens with one attached hydrogen (secondary N) is 1. The molecule has 0 radical (unpaired) electrons. The predicted octanol–water partition coefficient (Wildman–Crippen LogP) is 5.56. The van der Waals surface area contributed by atoms with E-state index in [1.165, 1.54) is 12.1 Å². The second kappa shape index (κ2) is 7.03. The highest BCUT2D eigenvalue weighted by Crippen LogP contribution is 2.48. The van der Waals surface area contributed by atoms with E-state index >= 15 is 0 Å². The zero-order valence-corrected chi connectivity index (χ0v) is 14.7. The minimum Gasteiger partial charge on any atom is -0.307 e. The van der Waals surface area contributed by atoms with Crippen molar-refractivity contribution in [3.63, 3.8) is 0 Å². The Morgan fingerprint density at radius 3 is 2.25 bits per heavy atom. The van der Waals surface area contributed by atoms with Gasteiger partial charge in [-0.25, -0.2) is 18.0 Å². The fourth-order valence-corrected chi connectivity index (χ4v) is 3.73. The van der Waals surface area contributed by atoms with Crippen molar-refractivity contribution in [1.29, 1.82) is 0 Å². The molecule has 3 nitrogen and oxygen atoms in total. The number of anilines is 1. The predicted molar refractivity (Wildman–Crippen MR) is 90.2 cm³/mol. The van der Waals surface area contributed by atoms with E-state index in [2.05, 4.69) is 5.32 Å². The monoisotopic (exact) mass is 402 g/mol. The maximum Gasteiger partial charge on any atom is 0.406 e. The number of carbonyl (C=O) groups excluding carboxylic acids is 1. The molecule has 1 unspecified atom stereocenters. The van der Waals surface area contributed by atoms with Gasteiger partial charge in [-0.3, -0.25) is 0 Å². The number of alkyl halides is 3. The molecule has 1 aliphatic rings. The molecule has 1 aliphatic heterocycles. The van der Waals surface area contributed by atoms with Crippen LogP contribution in [-0.2, 0) is 5.54 Å². The summed E-state index contributed by atoms with van der Waals surface area (Å²) in [6.45, 7) is -0.0496. The number of halogens is 6. The minimum absolute atomic E-state index is 0.0561. The average Bonchev–Trinajstić information content (AvgIpc) is 2.61. The van der Waals surface area contributed by atoms with Crippen LogP contribution >= 0.6 is 0 Å². The third-order valence-electron chi connectivity index (χ3n) is 4.73. The summed E-state index contributed by atoms with van der Waals surface area (Å²) in [6.07, 6.45) is -4.68. The number of nitrogens with zero attached hydrogens (tertiary/aromatic N) is 1. The quantitative estimate of drug-likeness (QED) is 0.668. The van der Waals surface area contributed by atoms with Crippen molar-refractivity contribution in [3.05, 3.63) is 65.0 Å². The smallest absolute Gasteiger partial charge is 0.307 e. The zero-order valence-electron chi connectivity index (χ0n) is 14.7. The van der Waals surface area contributed by atoms with Crippen LogP contribution in [0.3, 0.4) is 0 Å². The summed E-state index contributed by atoms with van der Waals surface area (Å²) in [7, 11) is 0. The average molecular weight is 402 g/mol. The van der Waals surface area contributed by atoms with Crippen molar-refractivity contribution in [3.8, 4) is 0 Å². The fraction of sp³-hybridized carbons (Fsp3) is 0.316. The van der Waals surface area contributed by atoms with Crippen molar-refractivity contribution in [1.82, 2.24) is 4.90 Å². The Balaban J connectivity index is 2.38. The van der Waals surface area contributed by atoms with Gasteiger partial charge in [0, 0.05) is 5.56 Å². The molecule has 0 bridgehead atoms. The summed E-state index contributed by atoms with van der Waals surface area (Å²) in [6, 6.07) is 5.15. The second-order valence-electron chi connectivity index (χ2n) is 6.53. The molecule has 0 aromatic heterocycles. The van der Waals surface area contributed by atoms with Gasteiger partial charge in [0.05, 0.1) is 5.69 Å². The van der Waals surface area contributed by atoms with Gasteiger partial charge in [-0.2, -0.15) is 13.2 Å². The van der Waals surface area contributed by atoms with Crippen molar-refractivity contribution in [2.45, 2.75) is 31.5 Å². The van der Waals surface area contributed by atoms with Crippen molar-refractivity contribution in [2.24, 2.45) is 0 Å². The Morgan fingerprint density at radius 1 is 1.04 bits per heavy atom. The van der Waals surface area contributed by atoms with E-state index in [1.54, 1.807) is 6.92 Å². The molecule has 1 atom stereocenters. The number of urea groups is 1. The van der Waals surface area contributed by atoms with Crippen LogP contribution < -0.4 is 5.32 Å². The van der Waals surface area contributed by atoms with Gasteiger partial charge in [-0.1, -0.05) is 25.5 Å². The lowest BCUT2D eigenvalue weighted by molar-refractivity contribution is -0.149. The molecule has 0 saturated carbocycles. The Labute approximate surface area is 157 Å². The van der Waals surface area contributed by atoms with Crippen LogP contribution in [0, 0.1) is 17.5 Å². The van der Waals surface area contributed by atoms with E-state index < -0.39 is 47.3 Å². The van der Waals surface area contributed by atoms with E-state index in [-0.39, 0.29) is 24.1 Å². The molecule has 9 heteroatoms. The maximum absolute atomic E-state index is 14.9. The maximum atomic E-state index is 14.9. The number of hydrogen-bond donors (Lipinski definition) is 1. The topological polar surface area (TPSA) is 32.3 Å². The lowest BCUT2D eigenvalue weighted by Crippen LogP contribution is -2.58. The summed E-state index contributed by atoms with van der Waals surface area (Å²) in [5.74, 6) is -3.27. The van der Waals surface area contributed by atoms with Gasteiger partial charge >= 0.3 is 12.2 Å². The standard InChI is InChI=1S/C19H16F6N2O/c1-2-9-18(11-3-5-12(20)6-4-11)15-14(8-7-13(21)16(15)22)26-17(28)27(18)10-19(23,24)25/h3-8H,2,9-10H2,1H3,(H,26,28). The van der Waals surface area contributed by atoms with Gasteiger partial charge in [0.15, 0.2) is 11.6 Å². The second-order valence-corrected chi connectivity index (χ2v) is 6.53. The zero-order chi connectivity index (χ0) is 20.7. The lowest BCUT2D eigenvalue weighted by Gasteiger charge is -2.48. The van der Waals surface area contributed by atoms with Gasteiger partial charge in [-0.15, -0.1) is 0 Å². The molecule has 3 rings (SSSR count). The highest BCUT2D eigenvalue weighted by Gasteiger charge is 2.52. The molecule has 2 aromatic rings. The normalized spacial score (nSPS) is 19.4. The highest BCUT2D eigenvalue weighted by atomic mass is 19.4. The Bertz CT molecular complexity index is 897. The van der Waals surface area contributed by atoms with Crippen molar-refractivity contribution < 1.29 is 31.1 Å². The van der Waals surface area contributed by atoms with Crippen LogP contribution in [0.1, 0.15) is 30.9 Å². The molecule has 0 fully saturated rings. The molecule has 28 heavy (non-hydrogen) atoms. The lowest BCUT2D eigenvalue weighted by atomic mass is 9.75. The first-order valence-electron chi connectivity index (χ1n) is 8.50. The molecule has 2 amide bonds. The Hall–Kier alpha value is -2.71. The number of fused-ring (bicyclic) bond motifs is 1. The van der Waals surface area contributed by atoms with Gasteiger partial charge in [0.2, 0.25) is 0 Å². The molecule has 150 valence electrons. The van der Waals surface area contributed by atoms with Crippen LogP contribution in [0.4, 0.5) is 36.8 Å². The first-order valence-corrected chi connectivity index (χ1v) is 8.50. The minimum atomic E-state index is -4.79. The van der Waals surface area contributed by atoms with E-state index in [4.69, 9.17) is 0 Å².